The number of nitriles is 1. The van der Waals surface area contributed by atoms with E-state index >= 15 is 0 Å². The van der Waals surface area contributed by atoms with Gasteiger partial charge in [0.1, 0.15) is 12.0 Å². The number of furan rings is 1. The molecule has 4 rings (SSSR count). The molecule has 38 heavy (non-hydrogen) atoms. The minimum absolute atomic E-state index is 0.0114. The summed E-state index contributed by atoms with van der Waals surface area (Å²) < 4.78 is 35.0. The molecule has 0 fully saturated rings. The van der Waals surface area contributed by atoms with Gasteiger partial charge in [-0.15, -0.1) is 0 Å². The first-order valence-corrected chi connectivity index (χ1v) is 14.2. The fourth-order valence-electron chi connectivity index (χ4n) is 4.35. The standard InChI is InChI=1S/C31H32N2O4S/c1-4-31(2,3)25-12-14-26(15-13-25)33(20-8-11-23-9-6-5-7-10-23)38(35,36)27-16-17-29-24(21-27)22-30(37-29)28(34)18-19-32/h5-7,9-10,12-17,21-22H,4,8,11,18,20H2,1-3H3. The van der Waals surface area contributed by atoms with Crippen LogP contribution in [-0.2, 0) is 21.9 Å². The van der Waals surface area contributed by atoms with E-state index in [0.717, 1.165) is 24.0 Å². The Bertz CT molecular complexity index is 1560. The van der Waals surface area contributed by atoms with Gasteiger partial charge in [-0.05, 0) is 72.2 Å². The Labute approximate surface area is 224 Å². The van der Waals surface area contributed by atoms with Gasteiger partial charge < -0.3 is 4.42 Å². The zero-order chi connectivity index (χ0) is 27.3. The second-order valence-electron chi connectivity index (χ2n) is 10.0. The molecule has 0 saturated heterocycles. The molecule has 0 aliphatic carbocycles. The van der Waals surface area contributed by atoms with Crippen molar-refractivity contribution < 1.29 is 17.6 Å². The van der Waals surface area contributed by atoms with Crippen LogP contribution in [0.1, 0.15) is 61.7 Å². The third kappa shape index (κ3) is 5.81. The number of rotatable bonds is 11. The van der Waals surface area contributed by atoms with Crippen molar-refractivity contribution in [2.75, 3.05) is 10.8 Å². The fraction of sp³-hybridized carbons (Fsp3) is 0.290. The van der Waals surface area contributed by atoms with Crippen LogP contribution in [0.2, 0.25) is 0 Å². The van der Waals surface area contributed by atoms with E-state index in [1.807, 2.05) is 60.7 Å². The lowest BCUT2D eigenvalue weighted by atomic mass is 9.82. The second-order valence-corrected chi connectivity index (χ2v) is 11.9. The van der Waals surface area contributed by atoms with Crippen molar-refractivity contribution in [3.63, 3.8) is 0 Å². The van der Waals surface area contributed by atoms with Crippen molar-refractivity contribution in [3.05, 3.63) is 95.7 Å². The van der Waals surface area contributed by atoms with Crippen LogP contribution in [0.25, 0.3) is 11.0 Å². The van der Waals surface area contributed by atoms with Gasteiger partial charge in [-0.3, -0.25) is 9.10 Å². The lowest BCUT2D eigenvalue weighted by molar-refractivity contribution is 0.0973. The SMILES string of the molecule is CCC(C)(C)c1ccc(N(CCCc2ccccc2)S(=O)(=O)c2ccc3oc(C(=O)CC#N)cc3c2)cc1. The third-order valence-electron chi connectivity index (χ3n) is 7.08. The summed E-state index contributed by atoms with van der Waals surface area (Å²) in [6.07, 6.45) is 2.06. The molecule has 0 atom stereocenters. The highest BCUT2D eigenvalue weighted by atomic mass is 32.2. The molecule has 0 aliphatic heterocycles. The van der Waals surface area contributed by atoms with Crippen LogP contribution in [0.3, 0.4) is 0 Å². The van der Waals surface area contributed by atoms with E-state index in [0.29, 0.717) is 29.6 Å². The minimum atomic E-state index is -3.92. The Morgan fingerprint density at radius 3 is 2.37 bits per heavy atom. The van der Waals surface area contributed by atoms with Gasteiger partial charge in [0, 0.05) is 11.9 Å². The van der Waals surface area contributed by atoms with E-state index in [-0.39, 0.29) is 22.5 Å². The van der Waals surface area contributed by atoms with Gasteiger partial charge in [-0.1, -0.05) is 63.2 Å². The Balaban J connectivity index is 1.68. The van der Waals surface area contributed by atoms with Crippen LogP contribution in [0.5, 0.6) is 0 Å². The topological polar surface area (TPSA) is 91.4 Å². The van der Waals surface area contributed by atoms with E-state index < -0.39 is 15.8 Å². The van der Waals surface area contributed by atoms with Crippen molar-refractivity contribution in [1.29, 1.82) is 5.26 Å². The quantitative estimate of drug-likeness (QED) is 0.195. The van der Waals surface area contributed by atoms with Crippen LogP contribution in [0, 0.1) is 11.3 Å². The molecule has 0 N–H and O–H groups in total. The molecule has 1 aromatic heterocycles. The zero-order valence-corrected chi connectivity index (χ0v) is 22.8. The molecular formula is C31H32N2O4S. The molecule has 0 spiro atoms. The first-order valence-electron chi connectivity index (χ1n) is 12.8. The number of benzene rings is 3. The van der Waals surface area contributed by atoms with Crippen molar-refractivity contribution >= 4 is 32.5 Å². The highest BCUT2D eigenvalue weighted by Gasteiger charge is 2.27. The molecule has 0 aliphatic rings. The van der Waals surface area contributed by atoms with Gasteiger partial charge in [0.2, 0.25) is 5.78 Å². The molecule has 0 radical (unpaired) electrons. The lowest BCUT2D eigenvalue weighted by Gasteiger charge is -2.27. The lowest BCUT2D eigenvalue weighted by Crippen LogP contribution is -2.32. The summed E-state index contributed by atoms with van der Waals surface area (Å²) in [5, 5.41) is 9.31. The predicted molar refractivity (Wildman–Crippen MR) is 150 cm³/mol. The van der Waals surface area contributed by atoms with E-state index in [4.69, 9.17) is 9.68 Å². The molecule has 196 valence electrons. The largest absolute Gasteiger partial charge is 0.453 e. The van der Waals surface area contributed by atoms with Crippen LogP contribution in [0.4, 0.5) is 5.69 Å². The molecule has 4 aromatic rings. The molecule has 0 bridgehead atoms. The minimum Gasteiger partial charge on any atom is -0.453 e. The molecule has 7 heteroatoms. The molecule has 0 amide bonds. The predicted octanol–water partition coefficient (Wildman–Crippen LogP) is 7.04. The van der Waals surface area contributed by atoms with E-state index in [2.05, 4.69) is 20.8 Å². The maximum atomic E-state index is 14.0. The number of hydrogen-bond donors (Lipinski definition) is 0. The third-order valence-corrected chi connectivity index (χ3v) is 8.90. The number of hydrogen-bond acceptors (Lipinski definition) is 5. The number of nitrogens with zero attached hydrogens (tertiary/aromatic N) is 2. The number of Topliss-reactive ketones (excluding diaryl/α,β-unsaturated/α-hetero) is 1. The number of carbonyl (C=O) groups excluding carboxylic acids is 1. The average Bonchev–Trinajstić information content (AvgIpc) is 3.36. The fourth-order valence-corrected chi connectivity index (χ4v) is 5.89. The average molecular weight is 529 g/mol. The number of carbonyl (C=O) groups is 1. The summed E-state index contributed by atoms with van der Waals surface area (Å²) in [4.78, 5) is 12.2. The van der Waals surface area contributed by atoms with Crippen LogP contribution >= 0.6 is 0 Å². The van der Waals surface area contributed by atoms with E-state index in [1.165, 1.54) is 22.5 Å². The Morgan fingerprint density at radius 1 is 1.00 bits per heavy atom. The maximum absolute atomic E-state index is 14.0. The molecule has 1 heterocycles. The first-order chi connectivity index (χ1) is 18.2. The van der Waals surface area contributed by atoms with Crippen molar-refractivity contribution in [1.82, 2.24) is 0 Å². The summed E-state index contributed by atoms with van der Waals surface area (Å²) in [6, 6.07) is 25.7. The van der Waals surface area contributed by atoms with E-state index in [1.54, 1.807) is 6.07 Å². The van der Waals surface area contributed by atoms with Gasteiger partial charge in [0.05, 0.1) is 16.7 Å². The summed E-state index contributed by atoms with van der Waals surface area (Å²) >= 11 is 0. The Morgan fingerprint density at radius 2 is 1.71 bits per heavy atom. The number of fused-ring (bicyclic) bond motifs is 1. The molecule has 0 saturated carbocycles. The molecule has 3 aromatic carbocycles. The van der Waals surface area contributed by atoms with E-state index in [9.17, 15) is 13.2 Å². The Kier molecular flexibility index (Phi) is 8.03. The Hall–Kier alpha value is -3.89. The number of ketones is 1. The van der Waals surface area contributed by atoms with Gasteiger partial charge >= 0.3 is 0 Å². The van der Waals surface area contributed by atoms with Crippen LogP contribution in [0.15, 0.2) is 88.2 Å². The normalized spacial score (nSPS) is 11.8. The monoisotopic (exact) mass is 528 g/mol. The highest BCUT2D eigenvalue weighted by Crippen LogP contribution is 2.32. The maximum Gasteiger partial charge on any atom is 0.264 e. The van der Waals surface area contributed by atoms with Gasteiger partial charge in [0.25, 0.3) is 10.0 Å². The summed E-state index contributed by atoms with van der Waals surface area (Å²) in [5.74, 6) is -0.393. The second kappa shape index (κ2) is 11.2. The smallest absolute Gasteiger partial charge is 0.264 e. The number of sulfonamides is 1. The first kappa shape index (κ1) is 27.2. The van der Waals surface area contributed by atoms with Crippen molar-refractivity contribution in [3.8, 4) is 6.07 Å². The zero-order valence-electron chi connectivity index (χ0n) is 22.0. The highest BCUT2D eigenvalue weighted by molar-refractivity contribution is 7.92. The molecular weight excluding hydrogens is 496 g/mol. The molecule has 0 unspecified atom stereocenters. The van der Waals surface area contributed by atoms with Crippen LogP contribution < -0.4 is 4.31 Å². The van der Waals surface area contributed by atoms with Crippen LogP contribution in [-0.4, -0.2) is 20.7 Å². The summed E-state index contributed by atoms with van der Waals surface area (Å²) in [5.41, 5.74) is 3.29. The summed E-state index contributed by atoms with van der Waals surface area (Å²) in [7, 11) is -3.92. The van der Waals surface area contributed by atoms with Gasteiger partial charge in [0.15, 0.2) is 5.76 Å². The number of anilines is 1. The van der Waals surface area contributed by atoms with Gasteiger partial charge in [-0.25, -0.2) is 8.42 Å². The molecule has 6 nitrogen and oxygen atoms in total. The summed E-state index contributed by atoms with van der Waals surface area (Å²) in [6.45, 7) is 6.79. The van der Waals surface area contributed by atoms with Crippen molar-refractivity contribution in [2.24, 2.45) is 0 Å². The van der Waals surface area contributed by atoms with Gasteiger partial charge in [-0.2, -0.15) is 5.26 Å². The number of aryl methyl sites for hydroxylation is 1. The van der Waals surface area contributed by atoms with Crippen molar-refractivity contribution in [2.45, 2.75) is 56.8 Å².